The van der Waals surface area contributed by atoms with Crippen LogP contribution in [0, 0.1) is 23.2 Å². The molecule has 2 fully saturated rings. The standard InChI is InChI=1S/C28H51NO5Si/c1-21-12-13-22(17-25(30)29-16-10-8-9-11-26(31)32)24(18-35(5,6)7)23(21)14-15-28(4)33-19-27(2,3)20-34-28/h18,21-23H,8-17,19-20H2,1-7H3,(H,29,30)(H,31,32)/b24-18-/t21-,22+,23+/m1/s1. The van der Waals surface area contributed by atoms with Crippen molar-refractivity contribution in [3.63, 3.8) is 0 Å². The number of carbonyl (C=O) groups excluding carboxylic acids is 1. The van der Waals surface area contributed by atoms with Crippen molar-refractivity contribution in [1.29, 1.82) is 0 Å². The van der Waals surface area contributed by atoms with Gasteiger partial charge in [-0.05, 0) is 56.8 Å². The predicted octanol–water partition coefficient (Wildman–Crippen LogP) is 6.17. The highest BCUT2D eigenvalue weighted by Gasteiger charge is 2.40. The normalized spacial score (nSPS) is 27.5. The maximum Gasteiger partial charge on any atom is 0.303 e. The van der Waals surface area contributed by atoms with E-state index in [1.54, 1.807) is 0 Å². The fourth-order valence-corrected chi connectivity index (χ4v) is 6.75. The number of hydrogen-bond donors (Lipinski definition) is 2. The molecule has 1 aliphatic heterocycles. The van der Waals surface area contributed by atoms with Gasteiger partial charge in [-0.2, -0.15) is 0 Å². The second-order valence-electron chi connectivity index (χ2n) is 13.0. The number of rotatable bonds is 12. The summed E-state index contributed by atoms with van der Waals surface area (Å²) in [4.78, 5) is 23.4. The molecule has 0 unspecified atom stereocenters. The van der Waals surface area contributed by atoms with Crippen LogP contribution < -0.4 is 5.32 Å². The van der Waals surface area contributed by atoms with Crippen molar-refractivity contribution in [2.45, 2.75) is 111 Å². The summed E-state index contributed by atoms with van der Waals surface area (Å²) in [5.41, 5.74) is 4.12. The third-order valence-corrected chi connectivity index (χ3v) is 8.62. The number of hydrogen-bond acceptors (Lipinski definition) is 4. The average molecular weight is 510 g/mol. The molecule has 1 saturated carbocycles. The summed E-state index contributed by atoms with van der Waals surface area (Å²) in [6.45, 7) is 18.0. The lowest BCUT2D eigenvalue weighted by molar-refractivity contribution is -0.293. The van der Waals surface area contributed by atoms with E-state index < -0.39 is 19.8 Å². The van der Waals surface area contributed by atoms with E-state index in [2.05, 4.69) is 58.4 Å². The van der Waals surface area contributed by atoms with E-state index in [-0.39, 0.29) is 17.7 Å². The summed E-state index contributed by atoms with van der Waals surface area (Å²) in [6, 6.07) is 0. The van der Waals surface area contributed by atoms with Gasteiger partial charge in [0.25, 0.3) is 0 Å². The van der Waals surface area contributed by atoms with Gasteiger partial charge in [0.15, 0.2) is 5.79 Å². The van der Waals surface area contributed by atoms with Crippen molar-refractivity contribution in [3.8, 4) is 0 Å². The third-order valence-electron chi connectivity index (χ3n) is 7.42. The van der Waals surface area contributed by atoms with Crippen LogP contribution in [0.15, 0.2) is 11.3 Å². The van der Waals surface area contributed by atoms with E-state index in [4.69, 9.17) is 14.6 Å². The molecule has 0 radical (unpaired) electrons. The van der Waals surface area contributed by atoms with Crippen molar-refractivity contribution < 1.29 is 24.2 Å². The highest BCUT2D eigenvalue weighted by atomic mass is 28.3. The molecule has 0 spiro atoms. The molecule has 0 aromatic heterocycles. The number of amides is 1. The Morgan fingerprint density at radius 2 is 1.74 bits per heavy atom. The van der Waals surface area contributed by atoms with Crippen molar-refractivity contribution in [3.05, 3.63) is 11.3 Å². The number of allylic oxidation sites excluding steroid dienone is 1. The van der Waals surface area contributed by atoms with E-state index in [1.165, 1.54) is 5.57 Å². The number of carbonyl (C=O) groups is 2. The minimum Gasteiger partial charge on any atom is -0.481 e. The third kappa shape index (κ3) is 10.8. The van der Waals surface area contributed by atoms with Gasteiger partial charge < -0.3 is 19.9 Å². The number of nitrogens with one attached hydrogen (secondary N) is 1. The molecular weight excluding hydrogens is 458 g/mol. The first-order valence-electron chi connectivity index (χ1n) is 13.7. The topological polar surface area (TPSA) is 84.9 Å². The van der Waals surface area contributed by atoms with Gasteiger partial charge in [0, 0.05) is 31.2 Å². The van der Waals surface area contributed by atoms with E-state index in [0.717, 1.165) is 51.7 Å². The fourth-order valence-electron chi connectivity index (χ4n) is 5.30. The minimum atomic E-state index is -1.47. The molecule has 1 saturated heterocycles. The first-order chi connectivity index (χ1) is 16.2. The summed E-state index contributed by atoms with van der Waals surface area (Å²) < 4.78 is 12.4. The summed E-state index contributed by atoms with van der Waals surface area (Å²) >= 11 is 0. The Morgan fingerprint density at radius 1 is 1.09 bits per heavy atom. The lowest BCUT2D eigenvalue weighted by atomic mass is 9.68. The Kier molecular flexibility index (Phi) is 11.0. The number of ether oxygens (including phenoxy) is 2. The Hall–Kier alpha value is -1.18. The van der Waals surface area contributed by atoms with Gasteiger partial charge in [0.05, 0.1) is 21.3 Å². The first-order valence-corrected chi connectivity index (χ1v) is 17.3. The van der Waals surface area contributed by atoms with Crippen LogP contribution in [0.3, 0.4) is 0 Å². The zero-order valence-electron chi connectivity index (χ0n) is 23.4. The van der Waals surface area contributed by atoms with Gasteiger partial charge in [-0.1, -0.05) is 58.1 Å². The molecule has 202 valence electrons. The summed E-state index contributed by atoms with van der Waals surface area (Å²) in [7, 11) is -1.47. The first kappa shape index (κ1) is 30.0. The maximum atomic E-state index is 12.8. The van der Waals surface area contributed by atoms with Crippen molar-refractivity contribution in [2.24, 2.45) is 23.2 Å². The van der Waals surface area contributed by atoms with Gasteiger partial charge in [-0.3, -0.25) is 9.59 Å². The van der Waals surface area contributed by atoms with E-state index in [0.29, 0.717) is 37.1 Å². The van der Waals surface area contributed by atoms with Crippen LogP contribution >= 0.6 is 0 Å². The lowest BCUT2D eigenvalue weighted by Crippen LogP contribution is -2.46. The van der Waals surface area contributed by atoms with Crippen LogP contribution in [0.25, 0.3) is 0 Å². The summed E-state index contributed by atoms with van der Waals surface area (Å²) in [6.07, 6.45) is 7.19. The molecule has 2 aliphatic rings. The molecule has 2 rings (SSSR count). The Morgan fingerprint density at radius 3 is 2.34 bits per heavy atom. The minimum absolute atomic E-state index is 0.0647. The number of aliphatic carboxylic acids is 1. The Labute approximate surface area is 214 Å². The molecule has 0 aromatic carbocycles. The molecular formula is C28H51NO5Si. The molecule has 1 amide bonds. The Bertz CT molecular complexity index is 732. The van der Waals surface area contributed by atoms with E-state index in [9.17, 15) is 9.59 Å². The number of unbranched alkanes of at least 4 members (excludes halogenated alkanes) is 2. The fraction of sp³-hybridized carbons (Fsp3) is 0.857. The molecule has 0 bridgehead atoms. The molecule has 1 aliphatic carbocycles. The molecule has 3 atom stereocenters. The van der Waals surface area contributed by atoms with Gasteiger partial charge >= 0.3 is 5.97 Å². The quantitative estimate of drug-likeness (QED) is 0.243. The van der Waals surface area contributed by atoms with Crippen LogP contribution in [0.2, 0.25) is 19.6 Å². The second kappa shape index (κ2) is 12.9. The lowest BCUT2D eigenvalue weighted by Gasteiger charge is -2.44. The van der Waals surface area contributed by atoms with Gasteiger partial charge in [-0.25, -0.2) is 0 Å². The van der Waals surface area contributed by atoms with Gasteiger partial charge in [0.1, 0.15) is 0 Å². The Balaban J connectivity index is 1.99. The zero-order chi connectivity index (χ0) is 26.3. The molecule has 2 N–H and O–H groups in total. The van der Waals surface area contributed by atoms with Crippen LogP contribution in [0.4, 0.5) is 0 Å². The highest BCUT2D eigenvalue weighted by Crippen LogP contribution is 2.44. The second-order valence-corrected chi connectivity index (χ2v) is 18.1. The zero-order valence-corrected chi connectivity index (χ0v) is 24.4. The predicted molar refractivity (Wildman–Crippen MR) is 144 cm³/mol. The number of carboxylic acids is 1. The summed E-state index contributed by atoms with van der Waals surface area (Å²) in [5, 5.41) is 11.8. The van der Waals surface area contributed by atoms with Crippen molar-refractivity contribution >= 4 is 20.0 Å². The van der Waals surface area contributed by atoms with E-state index >= 15 is 0 Å². The average Bonchev–Trinajstić information content (AvgIpc) is 2.73. The molecule has 35 heavy (non-hydrogen) atoms. The monoisotopic (exact) mass is 509 g/mol. The van der Waals surface area contributed by atoms with Crippen molar-refractivity contribution in [1.82, 2.24) is 5.32 Å². The summed E-state index contributed by atoms with van der Waals surface area (Å²) in [5.74, 6) is 0.199. The van der Waals surface area contributed by atoms with Gasteiger partial charge in [0.2, 0.25) is 5.91 Å². The molecule has 6 nitrogen and oxygen atoms in total. The van der Waals surface area contributed by atoms with Crippen LogP contribution in [0.5, 0.6) is 0 Å². The molecule has 1 heterocycles. The van der Waals surface area contributed by atoms with Crippen molar-refractivity contribution in [2.75, 3.05) is 19.8 Å². The molecule has 7 heteroatoms. The molecule has 0 aromatic rings. The smallest absolute Gasteiger partial charge is 0.303 e. The number of carboxylic acid groups (broad SMARTS) is 1. The van der Waals surface area contributed by atoms with Gasteiger partial charge in [-0.15, -0.1) is 0 Å². The van der Waals surface area contributed by atoms with E-state index in [1.807, 2.05) is 0 Å². The van der Waals surface area contributed by atoms with Crippen LogP contribution in [-0.2, 0) is 19.1 Å². The largest absolute Gasteiger partial charge is 0.481 e. The highest BCUT2D eigenvalue weighted by molar-refractivity contribution is 6.81. The van der Waals surface area contributed by atoms with Crippen LogP contribution in [0.1, 0.15) is 85.5 Å². The van der Waals surface area contributed by atoms with Crippen LogP contribution in [-0.4, -0.2) is 50.6 Å². The SMILES string of the molecule is C[C@@H]1CC[C@@H](CC(=O)NCCCCCC(=O)O)/C(=C/[Si](C)(C)C)[C@H]1CCC1(C)OCC(C)(C)CO1. The maximum absolute atomic E-state index is 12.8.